The summed E-state index contributed by atoms with van der Waals surface area (Å²) in [6, 6.07) is 12.1. The average molecular weight is 345 g/mol. The number of hydrogen-bond acceptors (Lipinski definition) is 5. The Kier molecular flexibility index (Phi) is 5.42. The molecule has 1 aromatic heterocycles. The summed E-state index contributed by atoms with van der Waals surface area (Å²) in [5, 5.41) is 29.8. The first-order valence-electron chi connectivity index (χ1n) is 6.49. The molecule has 6 nitrogen and oxygen atoms in total. The van der Waals surface area contributed by atoms with Gasteiger partial charge in [-0.3, -0.25) is 0 Å². The van der Waals surface area contributed by atoms with E-state index in [9.17, 15) is 0 Å². The third-order valence-electron chi connectivity index (χ3n) is 2.92. The molecule has 0 saturated heterocycles. The Morgan fingerprint density at radius 2 is 2.19 bits per heavy atom. The van der Waals surface area contributed by atoms with E-state index in [0.29, 0.717) is 31.6 Å². The summed E-state index contributed by atoms with van der Waals surface area (Å²) in [6.07, 6.45) is 1.47. The lowest BCUT2D eigenvalue weighted by Crippen LogP contribution is -2.12. The van der Waals surface area contributed by atoms with E-state index < -0.39 is 0 Å². The monoisotopic (exact) mass is 344 g/mol. The molecule has 0 unspecified atom stereocenters. The average Bonchev–Trinajstić information content (AvgIpc) is 2.90. The van der Waals surface area contributed by atoms with E-state index in [1.165, 1.54) is 4.80 Å². The summed E-state index contributed by atoms with van der Waals surface area (Å²) in [5.41, 5.74) is 1.09. The van der Waals surface area contributed by atoms with Crippen LogP contribution in [0.5, 0.6) is 0 Å². The first-order chi connectivity index (χ1) is 10.2. The molecule has 1 heterocycles. The van der Waals surface area contributed by atoms with Crippen molar-refractivity contribution in [1.82, 2.24) is 20.2 Å². The van der Waals surface area contributed by atoms with E-state index in [1.807, 2.05) is 30.3 Å². The summed E-state index contributed by atoms with van der Waals surface area (Å²) >= 11 is 3.42. The van der Waals surface area contributed by atoms with E-state index >= 15 is 0 Å². The maximum Gasteiger partial charge on any atom is 0.179 e. The minimum atomic E-state index is -0.266. The van der Waals surface area contributed by atoms with Gasteiger partial charge in [-0.15, -0.1) is 10.2 Å². The molecule has 1 atom stereocenters. The van der Waals surface area contributed by atoms with Crippen LogP contribution in [0, 0.1) is 28.6 Å². The molecular weight excluding hydrogens is 332 g/mol. The molecule has 0 spiro atoms. The number of halogens is 1. The van der Waals surface area contributed by atoms with E-state index in [-0.39, 0.29) is 5.92 Å². The summed E-state index contributed by atoms with van der Waals surface area (Å²) in [7, 11) is 0. The minimum absolute atomic E-state index is 0.266. The van der Waals surface area contributed by atoms with Gasteiger partial charge in [0.05, 0.1) is 24.6 Å². The zero-order chi connectivity index (χ0) is 15.1. The van der Waals surface area contributed by atoms with Gasteiger partial charge in [-0.2, -0.15) is 15.3 Å². The maximum absolute atomic E-state index is 9.03. The fourth-order valence-electron chi connectivity index (χ4n) is 1.89. The van der Waals surface area contributed by atoms with Gasteiger partial charge < -0.3 is 0 Å². The molecule has 1 aromatic carbocycles. The standard InChI is InChI=1S/C14H13BrN6/c15-13-5-1-3-11(7-13)8-14-18-20-21(19-14)10-12(9-17)4-2-6-16/h1,3,5,7,12H,2,4,8,10H2/t12-/m1/s1. The molecule has 0 amide bonds. The number of nitriles is 2. The van der Waals surface area contributed by atoms with Crippen molar-refractivity contribution >= 4 is 15.9 Å². The summed E-state index contributed by atoms with van der Waals surface area (Å²) in [6.45, 7) is 0.365. The third-order valence-corrected chi connectivity index (χ3v) is 3.41. The Hall–Kier alpha value is -2.25. The largest absolute Gasteiger partial charge is 0.198 e. The second-order valence-corrected chi connectivity index (χ2v) is 5.51. The van der Waals surface area contributed by atoms with Crippen molar-refractivity contribution in [3.05, 3.63) is 40.1 Å². The first kappa shape index (κ1) is 15.1. The molecule has 0 saturated carbocycles. The smallest absolute Gasteiger partial charge is 0.179 e. The molecule has 0 aliphatic heterocycles. The normalized spacial score (nSPS) is 11.6. The Morgan fingerprint density at radius 1 is 1.33 bits per heavy atom. The van der Waals surface area contributed by atoms with Crippen LogP contribution in [0.15, 0.2) is 28.7 Å². The van der Waals surface area contributed by atoms with Crippen LogP contribution in [0.1, 0.15) is 24.2 Å². The number of nitrogens with zero attached hydrogens (tertiary/aromatic N) is 6. The van der Waals surface area contributed by atoms with Gasteiger partial charge in [0, 0.05) is 17.3 Å². The summed E-state index contributed by atoms with van der Waals surface area (Å²) in [5.74, 6) is 0.350. The van der Waals surface area contributed by atoms with E-state index in [0.717, 1.165) is 10.0 Å². The molecule has 0 N–H and O–H groups in total. The van der Waals surface area contributed by atoms with Gasteiger partial charge in [0.1, 0.15) is 0 Å². The third kappa shape index (κ3) is 4.66. The zero-order valence-electron chi connectivity index (χ0n) is 11.3. The molecule has 0 aliphatic rings. The van der Waals surface area contributed by atoms with Gasteiger partial charge in [-0.1, -0.05) is 28.1 Å². The lowest BCUT2D eigenvalue weighted by Gasteiger charge is -2.04. The van der Waals surface area contributed by atoms with Crippen molar-refractivity contribution in [3.63, 3.8) is 0 Å². The van der Waals surface area contributed by atoms with Crippen LogP contribution in [0.25, 0.3) is 0 Å². The molecule has 0 aliphatic carbocycles. The predicted molar refractivity (Wildman–Crippen MR) is 78.7 cm³/mol. The quantitative estimate of drug-likeness (QED) is 0.802. The first-order valence-corrected chi connectivity index (χ1v) is 7.28. The fraction of sp³-hybridized carbons (Fsp3) is 0.357. The van der Waals surface area contributed by atoms with E-state index in [1.54, 1.807) is 0 Å². The van der Waals surface area contributed by atoms with Crippen molar-refractivity contribution in [2.75, 3.05) is 0 Å². The van der Waals surface area contributed by atoms with Crippen molar-refractivity contribution in [3.8, 4) is 12.1 Å². The molecule has 2 aromatic rings. The summed E-state index contributed by atoms with van der Waals surface area (Å²) < 4.78 is 1.01. The SMILES string of the molecule is N#CCC[C@H](C#N)Cn1nnc(Cc2cccc(Br)c2)n1. The minimum Gasteiger partial charge on any atom is -0.198 e. The number of tetrazole rings is 1. The molecular formula is C14H13BrN6. The fourth-order valence-corrected chi connectivity index (χ4v) is 2.33. The topological polar surface area (TPSA) is 91.2 Å². The molecule has 21 heavy (non-hydrogen) atoms. The molecule has 2 rings (SSSR count). The van der Waals surface area contributed by atoms with Crippen molar-refractivity contribution in [1.29, 1.82) is 10.5 Å². The maximum atomic E-state index is 9.03. The molecule has 0 fully saturated rings. The molecule has 0 radical (unpaired) electrons. The Balaban J connectivity index is 1.98. The lowest BCUT2D eigenvalue weighted by molar-refractivity contribution is 0.426. The highest BCUT2D eigenvalue weighted by Crippen LogP contribution is 2.13. The van der Waals surface area contributed by atoms with Crippen LogP contribution >= 0.6 is 15.9 Å². The second kappa shape index (κ2) is 7.51. The zero-order valence-corrected chi connectivity index (χ0v) is 12.9. The van der Waals surface area contributed by atoms with Gasteiger partial charge in [0.15, 0.2) is 5.82 Å². The Labute approximate surface area is 131 Å². The van der Waals surface area contributed by atoms with Crippen LogP contribution in [0.4, 0.5) is 0 Å². The van der Waals surface area contributed by atoms with Gasteiger partial charge in [-0.25, -0.2) is 0 Å². The van der Waals surface area contributed by atoms with Crippen molar-refractivity contribution in [2.24, 2.45) is 5.92 Å². The highest BCUT2D eigenvalue weighted by Gasteiger charge is 2.11. The Bertz CT molecular complexity index is 681. The predicted octanol–water partition coefficient (Wildman–Crippen LogP) is 2.47. The van der Waals surface area contributed by atoms with Gasteiger partial charge in [0.25, 0.3) is 0 Å². The summed E-state index contributed by atoms with van der Waals surface area (Å²) in [4.78, 5) is 1.43. The Morgan fingerprint density at radius 3 is 2.90 bits per heavy atom. The van der Waals surface area contributed by atoms with Crippen LogP contribution in [0.3, 0.4) is 0 Å². The van der Waals surface area contributed by atoms with Crippen molar-refractivity contribution in [2.45, 2.75) is 25.8 Å². The molecule has 7 heteroatoms. The van der Waals surface area contributed by atoms with Crippen LogP contribution in [-0.4, -0.2) is 20.2 Å². The number of rotatable bonds is 6. The lowest BCUT2D eigenvalue weighted by atomic mass is 10.1. The van der Waals surface area contributed by atoms with Gasteiger partial charge >= 0.3 is 0 Å². The highest BCUT2D eigenvalue weighted by molar-refractivity contribution is 9.10. The van der Waals surface area contributed by atoms with E-state index in [4.69, 9.17) is 10.5 Å². The van der Waals surface area contributed by atoms with Crippen LogP contribution in [0.2, 0.25) is 0 Å². The van der Waals surface area contributed by atoms with Crippen LogP contribution < -0.4 is 0 Å². The number of benzene rings is 1. The second-order valence-electron chi connectivity index (χ2n) is 4.59. The molecule has 106 valence electrons. The van der Waals surface area contributed by atoms with E-state index in [2.05, 4.69) is 37.4 Å². The van der Waals surface area contributed by atoms with Crippen LogP contribution in [-0.2, 0) is 13.0 Å². The van der Waals surface area contributed by atoms with Crippen molar-refractivity contribution < 1.29 is 0 Å². The number of hydrogen-bond donors (Lipinski definition) is 0. The van der Waals surface area contributed by atoms with Gasteiger partial charge in [0.2, 0.25) is 0 Å². The molecule has 0 bridgehead atoms. The highest BCUT2D eigenvalue weighted by atomic mass is 79.9. The van der Waals surface area contributed by atoms with Gasteiger partial charge in [-0.05, 0) is 29.3 Å². The number of aromatic nitrogens is 4.